The highest BCUT2D eigenvalue weighted by molar-refractivity contribution is 6.19. The summed E-state index contributed by atoms with van der Waals surface area (Å²) < 4.78 is 19.2. The Kier molecular flexibility index (Phi) is 5.09. The van der Waals surface area contributed by atoms with E-state index in [1.54, 1.807) is 12.1 Å². The van der Waals surface area contributed by atoms with Gasteiger partial charge in [-0.3, -0.25) is 4.79 Å². The van der Waals surface area contributed by atoms with Crippen LogP contribution in [-0.4, -0.2) is 28.0 Å². The molecule has 33 heavy (non-hydrogen) atoms. The van der Waals surface area contributed by atoms with Gasteiger partial charge in [0.2, 0.25) is 12.1 Å². The topological polar surface area (TPSA) is 116 Å². The molecule has 0 bridgehead atoms. The molecule has 0 aliphatic carbocycles. The number of nitriles is 1. The normalized spacial score (nSPS) is 15.0. The van der Waals surface area contributed by atoms with Crippen molar-refractivity contribution in [1.82, 2.24) is 10.2 Å². The number of aromatic nitrogens is 2. The van der Waals surface area contributed by atoms with Crippen molar-refractivity contribution in [2.75, 3.05) is 10.6 Å². The highest BCUT2D eigenvalue weighted by Gasteiger charge is 2.27. The zero-order chi connectivity index (χ0) is 22.8. The molecule has 4 aromatic rings. The minimum absolute atomic E-state index is 0.0462. The van der Waals surface area contributed by atoms with Crippen molar-refractivity contribution in [3.8, 4) is 17.5 Å². The van der Waals surface area contributed by atoms with E-state index in [2.05, 4.69) is 25.8 Å². The van der Waals surface area contributed by atoms with Gasteiger partial charge in [-0.05, 0) is 24.3 Å². The summed E-state index contributed by atoms with van der Waals surface area (Å²) >= 11 is 0. The number of rotatable bonds is 4. The first-order valence-corrected chi connectivity index (χ1v) is 9.96. The first-order valence-electron chi connectivity index (χ1n) is 9.96. The van der Waals surface area contributed by atoms with E-state index >= 15 is 0 Å². The summed E-state index contributed by atoms with van der Waals surface area (Å²) in [6.07, 6.45) is -1.05. The molecular formula is C24H15FN6O2. The number of hydrogen-bond donors (Lipinski definition) is 2. The monoisotopic (exact) mass is 438 g/mol. The third kappa shape index (κ3) is 3.93. The molecule has 0 saturated carbocycles. The van der Waals surface area contributed by atoms with Gasteiger partial charge in [0.05, 0.1) is 17.0 Å². The molecule has 5 rings (SSSR count). The van der Waals surface area contributed by atoms with E-state index in [4.69, 9.17) is 9.68 Å². The number of amides is 1. The van der Waals surface area contributed by atoms with Crippen molar-refractivity contribution in [1.29, 1.82) is 5.26 Å². The summed E-state index contributed by atoms with van der Waals surface area (Å²) in [7, 11) is 0. The van der Waals surface area contributed by atoms with Crippen LogP contribution in [0.2, 0.25) is 0 Å². The Hall–Kier alpha value is -4.84. The van der Waals surface area contributed by atoms with Crippen molar-refractivity contribution in [2.45, 2.75) is 6.17 Å². The fourth-order valence-electron chi connectivity index (χ4n) is 3.44. The van der Waals surface area contributed by atoms with Crippen LogP contribution in [0.4, 0.5) is 16.1 Å². The molecule has 160 valence electrons. The van der Waals surface area contributed by atoms with E-state index in [9.17, 15) is 9.18 Å². The van der Waals surface area contributed by atoms with E-state index in [-0.39, 0.29) is 17.5 Å². The molecule has 0 spiro atoms. The first kappa shape index (κ1) is 20.1. The lowest BCUT2D eigenvalue weighted by Crippen LogP contribution is -2.32. The molecule has 1 atom stereocenters. The first-order chi connectivity index (χ1) is 16.1. The molecule has 8 nitrogen and oxygen atoms in total. The summed E-state index contributed by atoms with van der Waals surface area (Å²) in [6.45, 7) is 0. The molecular weight excluding hydrogens is 423 g/mol. The van der Waals surface area contributed by atoms with E-state index in [0.717, 1.165) is 17.2 Å². The largest absolute Gasteiger partial charge is 0.403 e. The predicted molar refractivity (Wildman–Crippen MR) is 119 cm³/mol. The Morgan fingerprint density at radius 2 is 1.79 bits per heavy atom. The highest BCUT2D eigenvalue weighted by Crippen LogP contribution is 2.26. The zero-order valence-corrected chi connectivity index (χ0v) is 17.0. The Morgan fingerprint density at radius 3 is 2.61 bits per heavy atom. The lowest BCUT2D eigenvalue weighted by molar-refractivity contribution is -0.116. The lowest BCUT2D eigenvalue weighted by atomic mass is 10.0. The maximum atomic E-state index is 13.6. The Labute approximate surface area is 187 Å². The molecule has 1 aliphatic rings. The second-order valence-electron chi connectivity index (χ2n) is 7.14. The Bertz CT molecular complexity index is 1420. The number of carbonyl (C=O) groups is 1. The predicted octanol–water partition coefficient (Wildman–Crippen LogP) is 3.98. The summed E-state index contributed by atoms with van der Waals surface area (Å²) in [5, 5.41) is 22.6. The quantitative estimate of drug-likeness (QED) is 0.498. The van der Waals surface area contributed by atoms with Crippen LogP contribution in [-0.2, 0) is 4.79 Å². The second kappa shape index (κ2) is 8.36. The Balaban J connectivity index is 1.49. The molecule has 0 fully saturated rings. The van der Waals surface area contributed by atoms with Gasteiger partial charge in [0.1, 0.15) is 11.9 Å². The summed E-state index contributed by atoms with van der Waals surface area (Å²) in [4.78, 5) is 17.6. The minimum atomic E-state index is -1.05. The smallest absolute Gasteiger partial charge is 0.317 e. The van der Waals surface area contributed by atoms with Crippen LogP contribution in [0, 0.1) is 17.1 Å². The van der Waals surface area contributed by atoms with Gasteiger partial charge in [0, 0.05) is 16.7 Å². The fraction of sp³-hybridized carbons (Fsp3) is 0.0417. The molecule has 1 amide bonds. The number of nitrogens with zero attached hydrogens (tertiary/aromatic N) is 4. The van der Waals surface area contributed by atoms with Crippen molar-refractivity contribution >= 4 is 23.3 Å². The molecule has 0 unspecified atom stereocenters. The van der Waals surface area contributed by atoms with Gasteiger partial charge in [0.15, 0.2) is 0 Å². The van der Waals surface area contributed by atoms with E-state index < -0.39 is 17.9 Å². The maximum absolute atomic E-state index is 13.6. The van der Waals surface area contributed by atoms with Gasteiger partial charge in [-0.2, -0.15) is 5.26 Å². The van der Waals surface area contributed by atoms with Gasteiger partial charge in [0.25, 0.3) is 5.91 Å². The third-order valence-corrected chi connectivity index (χ3v) is 5.01. The number of hydrogen-bond acceptors (Lipinski definition) is 7. The second-order valence-corrected chi connectivity index (χ2v) is 7.14. The third-order valence-electron chi connectivity index (χ3n) is 5.01. The summed E-state index contributed by atoms with van der Waals surface area (Å²) in [6, 6.07) is 22.5. The average Bonchev–Trinajstić information content (AvgIpc) is 3.26. The fourth-order valence-corrected chi connectivity index (χ4v) is 3.44. The number of aliphatic imine (C=N–C) groups is 1. The van der Waals surface area contributed by atoms with E-state index in [1.807, 2.05) is 48.5 Å². The number of anilines is 2. The average molecular weight is 438 g/mol. The number of fused-ring (bicyclic) bond motifs is 1. The van der Waals surface area contributed by atoms with Gasteiger partial charge in [-0.1, -0.05) is 53.6 Å². The summed E-state index contributed by atoms with van der Waals surface area (Å²) in [5.41, 5.74) is 3.12. The van der Waals surface area contributed by atoms with Crippen LogP contribution in [0.3, 0.4) is 0 Å². The lowest BCUT2D eigenvalue weighted by Gasteiger charge is -2.11. The SMILES string of the molecule is N#Cc1cc(-c2nnc(N[C@H]3N=C(c4ccccc4)c4ccccc4NC3=O)o2)ccc1F. The molecule has 3 aromatic carbocycles. The van der Waals surface area contributed by atoms with Crippen molar-refractivity contribution in [2.24, 2.45) is 4.99 Å². The zero-order valence-electron chi connectivity index (χ0n) is 17.0. The van der Waals surface area contributed by atoms with E-state index in [1.165, 1.54) is 12.1 Å². The molecule has 2 heterocycles. The molecule has 9 heteroatoms. The Morgan fingerprint density at radius 1 is 1.00 bits per heavy atom. The number of benzene rings is 3. The van der Waals surface area contributed by atoms with Crippen molar-refractivity contribution in [3.05, 3.63) is 95.3 Å². The number of carbonyl (C=O) groups excluding carboxylic acids is 1. The van der Waals surface area contributed by atoms with Gasteiger partial charge < -0.3 is 15.1 Å². The van der Waals surface area contributed by atoms with Crippen LogP contribution in [0.25, 0.3) is 11.5 Å². The van der Waals surface area contributed by atoms with Crippen molar-refractivity contribution in [3.63, 3.8) is 0 Å². The molecule has 0 radical (unpaired) electrons. The van der Waals surface area contributed by atoms with Gasteiger partial charge >= 0.3 is 6.01 Å². The number of benzodiazepines with no additional fused rings is 1. The molecule has 0 saturated heterocycles. The molecule has 1 aliphatic heterocycles. The maximum Gasteiger partial charge on any atom is 0.317 e. The summed E-state index contributed by atoms with van der Waals surface area (Å²) in [5.74, 6) is -0.975. The molecule has 2 N–H and O–H groups in total. The number of halogens is 1. The van der Waals surface area contributed by atoms with E-state index in [0.29, 0.717) is 17.0 Å². The van der Waals surface area contributed by atoms with Crippen LogP contribution < -0.4 is 10.6 Å². The van der Waals surface area contributed by atoms with Crippen LogP contribution in [0.5, 0.6) is 0 Å². The van der Waals surface area contributed by atoms with Crippen molar-refractivity contribution < 1.29 is 13.6 Å². The standard InChI is InChI=1S/C24H15FN6O2/c25-18-11-10-15(12-16(18)13-26)23-30-31-24(33-23)29-21-22(32)27-19-9-5-4-8-17(19)20(28-21)14-6-2-1-3-7-14/h1-12,21H,(H,27,32)(H,29,31)/t21-/m1/s1. The minimum Gasteiger partial charge on any atom is -0.403 e. The van der Waals surface area contributed by atoms with Crippen LogP contribution in [0.15, 0.2) is 82.2 Å². The van der Waals surface area contributed by atoms with Gasteiger partial charge in [-0.15, -0.1) is 5.10 Å². The van der Waals surface area contributed by atoms with Gasteiger partial charge in [-0.25, -0.2) is 9.38 Å². The number of para-hydroxylation sites is 1. The number of nitrogens with one attached hydrogen (secondary N) is 2. The van der Waals surface area contributed by atoms with Crippen LogP contribution >= 0.6 is 0 Å². The highest BCUT2D eigenvalue weighted by atomic mass is 19.1. The molecule has 1 aromatic heterocycles. The van der Waals surface area contributed by atoms with Crippen LogP contribution in [0.1, 0.15) is 16.7 Å².